The number of hydrogen-bond acceptors (Lipinski definition) is 5. The number of rotatable bonds is 10. The van der Waals surface area contributed by atoms with Gasteiger partial charge in [-0.05, 0) is 24.6 Å². The van der Waals surface area contributed by atoms with Crippen LogP contribution in [0.15, 0.2) is 54.6 Å². The molecule has 0 aliphatic carbocycles. The van der Waals surface area contributed by atoms with Gasteiger partial charge >= 0.3 is 0 Å². The van der Waals surface area contributed by atoms with E-state index in [1.165, 1.54) is 11.1 Å². The van der Waals surface area contributed by atoms with Crippen LogP contribution in [0.2, 0.25) is 0 Å². The third kappa shape index (κ3) is 7.24. The lowest BCUT2D eigenvalue weighted by Crippen LogP contribution is -2.43. The Kier molecular flexibility index (Phi) is 8.30. The molecule has 1 aliphatic rings. The van der Waals surface area contributed by atoms with E-state index in [9.17, 15) is 5.11 Å². The van der Waals surface area contributed by atoms with Crippen molar-refractivity contribution < 1.29 is 14.6 Å². The molecule has 1 atom stereocenters. The molecule has 3 rings (SSSR count). The minimum absolute atomic E-state index is 0.298. The van der Waals surface area contributed by atoms with Gasteiger partial charge in [0.2, 0.25) is 0 Å². The monoisotopic (exact) mass is 384 g/mol. The zero-order valence-corrected chi connectivity index (χ0v) is 16.8. The molecule has 28 heavy (non-hydrogen) atoms. The van der Waals surface area contributed by atoms with Crippen molar-refractivity contribution in [2.45, 2.75) is 19.6 Å². The van der Waals surface area contributed by atoms with Crippen molar-refractivity contribution in [3.8, 4) is 5.75 Å². The van der Waals surface area contributed by atoms with Crippen molar-refractivity contribution in [1.82, 2.24) is 9.80 Å². The standard InChI is InChI=1S/C23H32N2O3/c1-20-7-9-21(10-8-20)17-25(12-11-24-13-15-27-16-14-24)18-22(26)19-28-23-5-3-2-4-6-23/h2-10,22,26H,11-19H2,1H3/t22-/m0/s1. The molecule has 5 heteroatoms. The molecule has 0 aromatic heterocycles. The Morgan fingerprint density at radius 1 is 1.07 bits per heavy atom. The lowest BCUT2D eigenvalue weighted by molar-refractivity contribution is 0.0256. The zero-order valence-electron chi connectivity index (χ0n) is 16.8. The second-order valence-electron chi connectivity index (χ2n) is 7.45. The summed E-state index contributed by atoms with van der Waals surface area (Å²) in [5.41, 5.74) is 2.53. The summed E-state index contributed by atoms with van der Waals surface area (Å²) in [6.45, 7) is 9.31. The number of ether oxygens (including phenoxy) is 2. The Labute approximate surface area is 168 Å². The molecule has 2 aromatic rings. The number of aryl methyl sites for hydroxylation is 1. The molecular weight excluding hydrogens is 352 g/mol. The van der Waals surface area contributed by atoms with E-state index >= 15 is 0 Å². The van der Waals surface area contributed by atoms with Gasteiger partial charge in [-0.15, -0.1) is 0 Å². The predicted octanol–water partition coefficient (Wildman–Crippen LogP) is 2.57. The maximum atomic E-state index is 10.5. The van der Waals surface area contributed by atoms with Gasteiger partial charge in [-0.2, -0.15) is 0 Å². The molecule has 0 bridgehead atoms. The summed E-state index contributed by atoms with van der Waals surface area (Å²) < 4.78 is 11.2. The molecule has 0 amide bonds. The Morgan fingerprint density at radius 3 is 2.50 bits per heavy atom. The number of benzene rings is 2. The van der Waals surface area contributed by atoms with E-state index < -0.39 is 6.10 Å². The first kappa shape index (κ1) is 20.8. The van der Waals surface area contributed by atoms with Crippen molar-refractivity contribution in [3.05, 3.63) is 65.7 Å². The molecule has 1 heterocycles. The van der Waals surface area contributed by atoms with Gasteiger partial charge in [0.05, 0.1) is 13.2 Å². The van der Waals surface area contributed by atoms with Crippen LogP contribution < -0.4 is 4.74 Å². The van der Waals surface area contributed by atoms with Crippen molar-refractivity contribution in [1.29, 1.82) is 0 Å². The summed E-state index contributed by atoms with van der Waals surface area (Å²) in [6.07, 6.45) is -0.532. The first-order valence-electron chi connectivity index (χ1n) is 10.1. The average Bonchev–Trinajstić information content (AvgIpc) is 2.74. The Morgan fingerprint density at radius 2 is 1.79 bits per heavy atom. The van der Waals surface area contributed by atoms with Crippen molar-refractivity contribution in [3.63, 3.8) is 0 Å². The third-order valence-electron chi connectivity index (χ3n) is 5.02. The fraction of sp³-hybridized carbons (Fsp3) is 0.478. The van der Waals surface area contributed by atoms with E-state index in [2.05, 4.69) is 41.0 Å². The van der Waals surface area contributed by atoms with Crippen molar-refractivity contribution in [2.24, 2.45) is 0 Å². The molecule has 152 valence electrons. The minimum atomic E-state index is -0.532. The largest absolute Gasteiger partial charge is 0.491 e. The van der Waals surface area contributed by atoms with Crippen LogP contribution in [0.5, 0.6) is 5.75 Å². The number of aliphatic hydroxyl groups is 1. The Hall–Kier alpha value is -1.92. The van der Waals surface area contributed by atoms with E-state index in [4.69, 9.17) is 9.47 Å². The molecule has 1 N–H and O–H groups in total. The van der Waals surface area contributed by atoms with Crippen LogP contribution in [0.1, 0.15) is 11.1 Å². The summed E-state index contributed by atoms with van der Waals surface area (Å²) in [7, 11) is 0. The topological polar surface area (TPSA) is 45.2 Å². The van der Waals surface area contributed by atoms with Crippen LogP contribution in [0.4, 0.5) is 0 Å². The zero-order chi connectivity index (χ0) is 19.6. The predicted molar refractivity (Wildman–Crippen MR) is 112 cm³/mol. The van der Waals surface area contributed by atoms with Gasteiger partial charge in [-0.1, -0.05) is 48.0 Å². The fourth-order valence-electron chi connectivity index (χ4n) is 3.35. The Bertz CT molecular complexity index is 672. The second-order valence-corrected chi connectivity index (χ2v) is 7.45. The van der Waals surface area contributed by atoms with E-state index in [1.54, 1.807) is 0 Å². The van der Waals surface area contributed by atoms with Crippen molar-refractivity contribution in [2.75, 3.05) is 52.5 Å². The van der Waals surface area contributed by atoms with Gasteiger partial charge in [0, 0.05) is 39.3 Å². The summed E-state index contributed by atoms with van der Waals surface area (Å²) >= 11 is 0. The average molecular weight is 385 g/mol. The molecule has 1 fully saturated rings. The minimum Gasteiger partial charge on any atom is -0.491 e. The second kappa shape index (κ2) is 11.2. The van der Waals surface area contributed by atoms with E-state index in [0.717, 1.165) is 51.7 Å². The molecule has 1 saturated heterocycles. The van der Waals surface area contributed by atoms with Gasteiger partial charge in [-0.3, -0.25) is 9.80 Å². The van der Waals surface area contributed by atoms with Gasteiger partial charge in [0.25, 0.3) is 0 Å². The van der Waals surface area contributed by atoms with Crippen LogP contribution in [-0.2, 0) is 11.3 Å². The molecule has 0 unspecified atom stereocenters. The number of morpholine rings is 1. The normalized spacial score (nSPS) is 16.2. The molecule has 0 spiro atoms. The lowest BCUT2D eigenvalue weighted by Gasteiger charge is -2.31. The van der Waals surface area contributed by atoms with Gasteiger partial charge in [-0.25, -0.2) is 0 Å². The van der Waals surface area contributed by atoms with Crippen molar-refractivity contribution >= 4 is 0 Å². The van der Waals surface area contributed by atoms with Gasteiger partial charge in [0.15, 0.2) is 0 Å². The smallest absolute Gasteiger partial charge is 0.119 e. The molecule has 1 aliphatic heterocycles. The maximum absolute atomic E-state index is 10.5. The van der Waals surface area contributed by atoms with Crippen LogP contribution in [0, 0.1) is 6.92 Å². The highest BCUT2D eigenvalue weighted by atomic mass is 16.5. The summed E-state index contributed by atoms with van der Waals surface area (Å²) in [6, 6.07) is 18.3. The van der Waals surface area contributed by atoms with Crippen LogP contribution >= 0.6 is 0 Å². The van der Waals surface area contributed by atoms with Crippen LogP contribution in [0.25, 0.3) is 0 Å². The lowest BCUT2D eigenvalue weighted by atomic mass is 10.1. The van der Waals surface area contributed by atoms with Crippen LogP contribution in [0.3, 0.4) is 0 Å². The highest BCUT2D eigenvalue weighted by molar-refractivity contribution is 5.22. The molecule has 2 aromatic carbocycles. The third-order valence-corrected chi connectivity index (χ3v) is 5.02. The first-order chi connectivity index (χ1) is 13.7. The van der Waals surface area contributed by atoms with E-state index in [1.807, 2.05) is 30.3 Å². The molecular formula is C23H32N2O3. The number of nitrogens with zero attached hydrogens (tertiary/aromatic N) is 2. The number of para-hydroxylation sites is 1. The first-order valence-corrected chi connectivity index (χ1v) is 10.1. The maximum Gasteiger partial charge on any atom is 0.119 e. The highest BCUT2D eigenvalue weighted by Gasteiger charge is 2.16. The van der Waals surface area contributed by atoms with Gasteiger partial charge < -0.3 is 14.6 Å². The van der Waals surface area contributed by atoms with E-state index in [0.29, 0.717) is 13.2 Å². The Balaban J connectivity index is 1.53. The van der Waals surface area contributed by atoms with Crippen LogP contribution in [-0.4, -0.2) is 73.6 Å². The summed E-state index contributed by atoms with van der Waals surface area (Å²) in [5.74, 6) is 0.792. The fourth-order valence-corrected chi connectivity index (χ4v) is 3.35. The number of hydrogen-bond donors (Lipinski definition) is 1. The van der Waals surface area contributed by atoms with Gasteiger partial charge in [0.1, 0.15) is 18.5 Å². The summed E-state index contributed by atoms with van der Waals surface area (Å²) in [4.78, 5) is 4.75. The molecule has 0 saturated carbocycles. The molecule has 0 radical (unpaired) electrons. The number of aliphatic hydroxyl groups excluding tert-OH is 1. The highest BCUT2D eigenvalue weighted by Crippen LogP contribution is 2.11. The summed E-state index contributed by atoms with van der Waals surface area (Å²) in [5, 5.41) is 10.5. The quantitative estimate of drug-likeness (QED) is 0.682. The SMILES string of the molecule is Cc1ccc(CN(CCN2CCOCC2)C[C@H](O)COc2ccccc2)cc1. The van der Waals surface area contributed by atoms with E-state index in [-0.39, 0.29) is 0 Å². The molecule has 5 nitrogen and oxygen atoms in total.